The molecule has 2 nitrogen and oxygen atoms in total. The summed E-state index contributed by atoms with van der Waals surface area (Å²) in [7, 11) is 0. The zero-order valence-electron chi connectivity index (χ0n) is 4.81. The van der Waals surface area contributed by atoms with Gasteiger partial charge in [-0.3, -0.25) is 4.79 Å². The summed E-state index contributed by atoms with van der Waals surface area (Å²) in [6.45, 7) is 3.04. The van der Waals surface area contributed by atoms with Crippen molar-refractivity contribution in [2.75, 3.05) is 0 Å². The molecule has 0 aliphatic rings. The molecule has 0 bridgehead atoms. The van der Waals surface area contributed by atoms with Crippen LogP contribution in [0.15, 0.2) is 0 Å². The summed E-state index contributed by atoms with van der Waals surface area (Å²) >= 11 is 5.40. The van der Waals surface area contributed by atoms with Crippen molar-refractivity contribution in [1.29, 1.82) is 0 Å². The van der Waals surface area contributed by atoms with Gasteiger partial charge in [-0.25, -0.2) is 0 Å². The van der Waals surface area contributed by atoms with Crippen LogP contribution in [-0.2, 0) is 4.79 Å². The van der Waals surface area contributed by atoms with Gasteiger partial charge in [-0.15, -0.1) is 11.6 Å². The maximum absolute atomic E-state index is 10.1. The van der Waals surface area contributed by atoms with Gasteiger partial charge in [0.2, 0.25) is 0 Å². The molecule has 1 unspecified atom stereocenters. The molecule has 0 heterocycles. The molecule has 0 saturated heterocycles. The predicted molar refractivity (Wildman–Crippen MR) is 31.9 cm³/mol. The molecular weight excluding hydrogens is 128 g/mol. The highest BCUT2D eigenvalue weighted by Gasteiger charge is 2.27. The number of rotatable bonds is 2. The summed E-state index contributed by atoms with van der Waals surface area (Å²) in [4.78, 5) is 8.89. The molecule has 0 saturated carbocycles. The third-order valence-electron chi connectivity index (χ3n) is 0.960. The Morgan fingerprint density at radius 1 is 1.88 bits per heavy atom. The zero-order valence-corrected chi connectivity index (χ0v) is 5.57. The van der Waals surface area contributed by atoms with Gasteiger partial charge in [0, 0.05) is 0 Å². The Kier molecular flexibility index (Phi) is 2.28. The van der Waals surface area contributed by atoms with Crippen molar-refractivity contribution < 1.29 is 9.90 Å². The molecule has 0 aromatic heterocycles. The van der Waals surface area contributed by atoms with E-state index >= 15 is 0 Å². The normalized spacial score (nSPS) is 17.4. The third-order valence-corrected chi connectivity index (χ3v) is 1.34. The lowest BCUT2D eigenvalue weighted by Crippen LogP contribution is -2.27. The van der Waals surface area contributed by atoms with Crippen molar-refractivity contribution >= 4 is 17.6 Å². The average Bonchev–Trinajstić information content (AvgIpc) is 1.67. The van der Waals surface area contributed by atoms with Crippen molar-refractivity contribution in [2.24, 2.45) is 0 Å². The minimum absolute atomic E-state index is 1.01. The van der Waals surface area contributed by atoms with Gasteiger partial charge in [0.1, 0.15) is 4.87 Å². The summed E-state index contributed by atoms with van der Waals surface area (Å²) in [5, 5.41) is 8.28. The Morgan fingerprint density at radius 3 is 2.25 bits per heavy atom. The fourth-order valence-electron chi connectivity index (χ4n) is 0.123. The molecule has 8 heavy (non-hydrogen) atoms. The molecule has 0 amide bonds. The first kappa shape index (κ1) is 7.76. The Morgan fingerprint density at radius 2 is 2.25 bits per heavy atom. The third kappa shape index (κ3) is 1.70. The van der Waals surface area contributed by atoms with Crippen LogP contribution < -0.4 is 0 Å². The number of carboxylic acid groups (broad SMARTS) is 1. The first-order chi connectivity index (χ1) is 3.50. The molecule has 0 aliphatic carbocycles. The lowest BCUT2D eigenvalue weighted by atomic mass is 10.1. The minimum Gasteiger partial charge on any atom is -0.480 e. The molecule has 0 rings (SSSR count). The topological polar surface area (TPSA) is 37.3 Å². The Labute approximate surface area is 53.5 Å². The van der Waals surface area contributed by atoms with Gasteiger partial charge in [-0.2, -0.15) is 0 Å². The molecule has 47 valence electrons. The number of hydrogen-bond acceptors (Lipinski definition) is 1. The first-order valence-electron chi connectivity index (χ1n) is 2.23. The maximum Gasteiger partial charge on any atom is 0.324 e. The van der Waals surface area contributed by atoms with Crippen molar-refractivity contribution in [3.63, 3.8) is 0 Å². The first-order valence-corrected chi connectivity index (χ1v) is 2.61. The fourth-order valence-corrected chi connectivity index (χ4v) is 0.123. The molecule has 0 aromatic carbocycles. The van der Waals surface area contributed by atoms with Gasteiger partial charge in [0.25, 0.3) is 0 Å². The number of carbonyl (C=O) groups is 1. The zero-order chi connectivity index (χ0) is 6.78. The Hall–Kier alpha value is -0.240. The second kappa shape index (κ2) is 2.35. The van der Waals surface area contributed by atoms with Gasteiger partial charge in [-0.1, -0.05) is 6.92 Å². The second-order valence-electron chi connectivity index (χ2n) is 1.67. The quantitative estimate of drug-likeness (QED) is 0.580. The summed E-state index contributed by atoms with van der Waals surface area (Å²) in [5.41, 5.74) is 0. The van der Waals surface area contributed by atoms with E-state index in [-0.39, 0.29) is 0 Å². The predicted octanol–water partition coefficient (Wildman–Crippen LogP) is 1.29. The standard InChI is InChI=1S/C5H8ClO2/c1-3-5(2,6)4(7)8/h3H,1-2H3,(H,7,8). The van der Waals surface area contributed by atoms with Gasteiger partial charge >= 0.3 is 5.97 Å². The van der Waals surface area contributed by atoms with Crippen molar-refractivity contribution in [3.8, 4) is 0 Å². The van der Waals surface area contributed by atoms with Crippen LogP contribution >= 0.6 is 11.6 Å². The van der Waals surface area contributed by atoms with E-state index in [2.05, 4.69) is 0 Å². The number of halogens is 1. The molecule has 0 spiro atoms. The van der Waals surface area contributed by atoms with E-state index in [1.807, 2.05) is 0 Å². The monoisotopic (exact) mass is 135 g/mol. The van der Waals surface area contributed by atoms with E-state index < -0.39 is 10.8 Å². The number of carboxylic acids is 1. The largest absolute Gasteiger partial charge is 0.480 e. The molecule has 0 aromatic rings. The van der Waals surface area contributed by atoms with Crippen LogP contribution in [0.3, 0.4) is 0 Å². The average molecular weight is 136 g/mol. The summed E-state index contributed by atoms with van der Waals surface area (Å²) < 4.78 is 0. The SMILES string of the molecule is C[CH]C(C)(Cl)C(=O)O. The van der Waals surface area contributed by atoms with E-state index in [0.29, 0.717) is 0 Å². The smallest absolute Gasteiger partial charge is 0.324 e. The Balaban J connectivity index is 3.91. The second-order valence-corrected chi connectivity index (χ2v) is 2.45. The van der Waals surface area contributed by atoms with Crippen LogP contribution in [-0.4, -0.2) is 16.0 Å². The molecule has 3 heteroatoms. The highest BCUT2D eigenvalue weighted by Crippen LogP contribution is 2.16. The van der Waals surface area contributed by atoms with Crippen molar-refractivity contribution in [2.45, 2.75) is 18.7 Å². The van der Waals surface area contributed by atoms with Crippen LogP contribution in [0.4, 0.5) is 0 Å². The van der Waals surface area contributed by atoms with Gasteiger partial charge in [0.15, 0.2) is 0 Å². The van der Waals surface area contributed by atoms with Crippen LogP contribution in [0.25, 0.3) is 0 Å². The van der Waals surface area contributed by atoms with E-state index in [0.717, 1.165) is 0 Å². The minimum atomic E-state index is -1.19. The molecule has 0 aliphatic heterocycles. The van der Waals surface area contributed by atoms with Gasteiger partial charge < -0.3 is 5.11 Å². The van der Waals surface area contributed by atoms with Crippen LogP contribution in [0.1, 0.15) is 13.8 Å². The fraction of sp³-hybridized carbons (Fsp3) is 0.600. The van der Waals surface area contributed by atoms with Gasteiger partial charge in [0.05, 0.1) is 0 Å². The lowest BCUT2D eigenvalue weighted by Gasteiger charge is -2.11. The van der Waals surface area contributed by atoms with Gasteiger partial charge in [-0.05, 0) is 13.3 Å². The molecule has 1 radical (unpaired) electrons. The number of aliphatic carboxylic acids is 1. The van der Waals surface area contributed by atoms with Crippen LogP contribution in [0.5, 0.6) is 0 Å². The van der Waals surface area contributed by atoms with E-state index in [4.69, 9.17) is 16.7 Å². The van der Waals surface area contributed by atoms with Crippen LogP contribution in [0.2, 0.25) is 0 Å². The van der Waals surface area contributed by atoms with E-state index in [9.17, 15) is 4.79 Å². The highest BCUT2D eigenvalue weighted by atomic mass is 35.5. The van der Waals surface area contributed by atoms with Crippen molar-refractivity contribution in [1.82, 2.24) is 0 Å². The molecule has 1 N–H and O–H groups in total. The van der Waals surface area contributed by atoms with Crippen molar-refractivity contribution in [3.05, 3.63) is 6.42 Å². The Bertz CT molecular complexity index is 98.6. The van der Waals surface area contributed by atoms with E-state index in [1.165, 1.54) is 13.3 Å². The molecular formula is C5H8ClO2. The molecule has 0 fully saturated rings. The summed E-state index contributed by atoms with van der Waals surface area (Å²) in [6.07, 6.45) is 1.43. The van der Waals surface area contributed by atoms with Crippen LogP contribution in [0, 0.1) is 6.42 Å². The maximum atomic E-state index is 10.1. The lowest BCUT2D eigenvalue weighted by molar-refractivity contribution is -0.138. The summed E-state index contributed by atoms with van der Waals surface area (Å²) in [5.74, 6) is -1.01. The molecule has 1 atom stereocenters. The summed E-state index contributed by atoms with van der Waals surface area (Å²) in [6, 6.07) is 0. The van der Waals surface area contributed by atoms with E-state index in [1.54, 1.807) is 6.92 Å². The highest BCUT2D eigenvalue weighted by molar-refractivity contribution is 6.34. The number of hydrogen-bond donors (Lipinski definition) is 1. The number of alkyl halides is 1.